The molecule has 0 unspecified atom stereocenters. The molecule has 5 rings (SSSR count). The average molecular weight is 503 g/mol. The van der Waals surface area contributed by atoms with Crippen LogP contribution in [0.3, 0.4) is 0 Å². The van der Waals surface area contributed by atoms with E-state index >= 15 is 0 Å². The van der Waals surface area contributed by atoms with Crippen LogP contribution >= 0.6 is 0 Å². The van der Waals surface area contributed by atoms with Gasteiger partial charge in [-0.25, -0.2) is 32.0 Å². The van der Waals surface area contributed by atoms with Crippen LogP contribution in [0.25, 0.3) is 22.2 Å². The zero-order valence-electron chi connectivity index (χ0n) is 18.1. The predicted octanol–water partition coefficient (Wildman–Crippen LogP) is 0.868. The Morgan fingerprint density at radius 2 is 1.88 bits per heavy atom. The molecular weight excluding hydrogens is 480 g/mol. The van der Waals surface area contributed by atoms with Crippen LogP contribution in [0.2, 0.25) is 0 Å². The molecule has 5 N–H and O–H groups in total. The fraction of sp³-hybridized carbons (Fsp3) is 0.300. The van der Waals surface area contributed by atoms with Gasteiger partial charge in [0.2, 0.25) is 16.0 Å². The molecule has 1 aromatic heterocycles. The maximum atomic E-state index is 13.3. The summed E-state index contributed by atoms with van der Waals surface area (Å²) in [5, 5.41) is 15.6. The molecule has 0 radical (unpaired) electrons. The molecule has 0 bridgehead atoms. The number of azo groups is 1. The van der Waals surface area contributed by atoms with Crippen LogP contribution in [0.5, 0.6) is 0 Å². The summed E-state index contributed by atoms with van der Waals surface area (Å²) >= 11 is 0. The fourth-order valence-electron chi connectivity index (χ4n) is 4.25. The molecule has 0 amide bonds. The highest BCUT2D eigenvalue weighted by Gasteiger charge is 2.39. The maximum absolute atomic E-state index is 13.3. The Labute approximate surface area is 195 Å². The number of sulfonamides is 1. The quantitative estimate of drug-likeness (QED) is 0.446. The Kier molecular flexibility index (Phi) is 5.27. The number of primary sulfonamides is 1. The Balaban J connectivity index is 1.89. The number of sulfone groups is 1. The number of aromatic nitrogens is 2. The van der Waals surface area contributed by atoms with Gasteiger partial charge in [-0.1, -0.05) is 18.2 Å². The molecule has 0 atom stereocenters. The number of benzene rings is 2. The Hall–Kier alpha value is -3.20. The Morgan fingerprint density at radius 3 is 2.47 bits per heavy atom. The number of hydrogen-bond acceptors (Lipinski definition) is 10. The zero-order valence-corrected chi connectivity index (χ0v) is 19.8. The molecule has 2 aliphatic rings. The number of anilines is 1. The van der Waals surface area contributed by atoms with Gasteiger partial charge in [-0.15, -0.1) is 5.11 Å². The first-order valence-electron chi connectivity index (χ1n) is 10.5. The van der Waals surface area contributed by atoms with Crippen LogP contribution in [-0.2, 0) is 26.4 Å². The molecule has 1 fully saturated rings. The number of aryl methyl sites for hydroxylation is 1. The standard InChI is InChI=1S/C20H22N8O4S2/c1-2-28-14-5-3-4-13(17(14)26-20(28)21)12-6-7-15(33(29,30)11-8-23-9-11)18(34(22,31)32)16(12)19-24-10-25-27-19/h3-7,11,23H,2,8-10H2,1H3,(H2,21,26)(H2,22,31,32). The first-order valence-corrected chi connectivity index (χ1v) is 13.6. The number of fused-ring (bicyclic) bond motifs is 1. The third-order valence-corrected chi connectivity index (χ3v) is 9.27. The van der Waals surface area contributed by atoms with Crippen LogP contribution < -0.4 is 16.2 Å². The van der Waals surface area contributed by atoms with Gasteiger partial charge < -0.3 is 15.6 Å². The molecule has 12 nitrogen and oxygen atoms in total. The molecule has 2 aliphatic heterocycles. The van der Waals surface area contributed by atoms with E-state index in [-0.39, 0.29) is 36.1 Å². The maximum Gasteiger partial charge on any atom is 0.240 e. The van der Waals surface area contributed by atoms with Crippen LogP contribution in [0, 0.1) is 0 Å². The summed E-state index contributed by atoms with van der Waals surface area (Å²) in [6.07, 6.45) is 0. The van der Waals surface area contributed by atoms with E-state index in [1.165, 1.54) is 12.1 Å². The second-order valence-electron chi connectivity index (χ2n) is 7.94. The van der Waals surface area contributed by atoms with Crippen molar-refractivity contribution in [3.63, 3.8) is 0 Å². The smallest absolute Gasteiger partial charge is 0.240 e. The molecule has 0 saturated carbocycles. The van der Waals surface area contributed by atoms with Crippen molar-refractivity contribution in [2.45, 2.75) is 28.5 Å². The minimum Gasteiger partial charge on any atom is -0.369 e. The lowest BCUT2D eigenvalue weighted by Gasteiger charge is -2.28. The molecule has 14 heteroatoms. The average Bonchev–Trinajstić information content (AvgIpc) is 3.37. The zero-order chi connectivity index (χ0) is 24.3. The highest BCUT2D eigenvalue weighted by molar-refractivity contribution is 7.94. The number of aliphatic imine (C=N–C) groups is 1. The molecule has 34 heavy (non-hydrogen) atoms. The first-order chi connectivity index (χ1) is 16.1. The van der Waals surface area contributed by atoms with Gasteiger partial charge >= 0.3 is 0 Å². The summed E-state index contributed by atoms with van der Waals surface area (Å²) in [4.78, 5) is 7.75. The summed E-state index contributed by atoms with van der Waals surface area (Å²) in [5.74, 6) is 0.287. The number of imidazole rings is 1. The van der Waals surface area contributed by atoms with Crippen molar-refractivity contribution in [1.82, 2.24) is 14.9 Å². The molecule has 1 saturated heterocycles. The summed E-state index contributed by atoms with van der Waals surface area (Å²) in [6.45, 7) is 2.93. The third kappa shape index (κ3) is 3.41. The number of nitrogen functional groups attached to an aromatic ring is 1. The van der Waals surface area contributed by atoms with Crippen molar-refractivity contribution < 1.29 is 16.8 Å². The minimum atomic E-state index is -4.53. The van der Waals surface area contributed by atoms with Crippen LogP contribution in [0.4, 0.5) is 5.95 Å². The van der Waals surface area contributed by atoms with Crippen molar-refractivity contribution in [2.24, 2.45) is 20.4 Å². The van der Waals surface area contributed by atoms with E-state index in [0.717, 1.165) is 5.52 Å². The summed E-state index contributed by atoms with van der Waals surface area (Å²) in [6, 6.07) is 8.19. The largest absolute Gasteiger partial charge is 0.369 e. The van der Waals surface area contributed by atoms with Crippen molar-refractivity contribution in [2.75, 3.05) is 25.5 Å². The topological polar surface area (TPSA) is 187 Å². The lowest BCUT2D eigenvalue weighted by molar-refractivity contribution is 0.493. The number of nitrogens with zero attached hydrogens (tertiary/aromatic N) is 5. The van der Waals surface area contributed by atoms with E-state index in [0.29, 0.717) is 29.1 Å². The van der Waals surface area contributed by atoms with Gasteiger partial charge in [-0.2, -0.15) is 5.11 Å². The van der Waals surface area contributed by atoms with E-state index in [1.54, 1.807) is 12.1 Å². The van der Waals surface area contributed by atoms with Crippen LogP contribution in [0.15, 0.2) is 55.3 Å². The van der Waals surface area contributed by atoms with E-state index in [9.17, 15) is 16.8 Å². The third-order valence-electron chi connectivity index (χ3n) is 5.98. The first kappa shape index (κ1) is 22.6. The summed E-state index contributed by atoms with van der Waals surface area (Å²) < 4.78 is 54.2. The second kappa shape index (κ2) is 7.94. The van der Waals surface area contributed by atoms with Crippen molar-refractivity contribution in [3.8, 4) is 11.1 Å². The van der Waals surface area contributed by atoms with E-state index < -0.39 is 30.0 Å². The Morgan fingerprint density at radius 1 is 1.12 bits per heavy atom. The highest BCUT2D eigenvalue weighted by Crippen LogP contribution is 2.39. The van der Waals surface area contributed by atoms with Gasteiger partial charge in [0, 0.05) is 25.2 Å². The molecule has 178 valence electrons. The number of para-hydroxylation sites is 1. The van der Waals surface area contributed by atoms with Gasteiger partial charge in [-0.3, -0.25) is 0 Å². The number of hydrogen-bond donors (Lipinski definition) is 3. The van der Waals surface area contributed by atoms with E-state index in [2.05, 4.69) is 25.5 Å². The van der Waals surface area contributed by atoms with Crippen molar-refractivity contribution in [3.05, 3.63) is 35.9 Å². The number of amidine groups is 1. The van der Waals surface area contributed by atoms with Crippen LogP contribution in [-0.4, -0.2) is 57.2 Å². The highest BCUT2D eigenvalue weighted by atomic mass is 32.2. The fourth-order valence-corrected chi connectivity index (χ4v) is 7.43. The second-order valence-corrected chi connectivity index (χ2v) is 11.6. The lowest BCUT2D eigenvalue weighted by atomic mass is 9.97. The molecule has 2 aromatic carbocycles. The van der Waals surface area contributed by atoms with E-state index in [4.69, 9.17) is 10.9 Å². The van der Waals surface area contributed by atoms with Gasteiger partial charge in [0.15, 0.2) is 22.3 Å². The monoisotopic (exact) mass is 502 g/mol. The minimum absolute atomic E-state index is 0.00996. The predicted molar refractivity (Wildman–Crippen MR) is 127 cm³/mol. The molecule has 3 aromatic rings. The molecule has 0 aliphatic carbocycles. The number of nitrogens with two attached hydrogens (primary N) is 2. The van der Waals surface area contributed by atoms with Gasteiger partial charge in [-0.05, 0) is 24.6 Å². The van der Waals surface area contributed by atoms with Crippen molar-refractivity contribution >= 4 is 42.7 Å². The normalized spacial score (nSPS) is 16.7. The van der Waals surface area contributed by atoms with Gasteiger partial charge in [0.1, 0.15) is 4.90 Å². The number of rotatable bonds is 6. The lowest BCUT2D eigenvalue weighted by Crippen LogP contribution is -2.51. The van der Waals surface area contributed by atoms with Crippen LogP contribution in [0.1, 0.15) is 12.5 Å². The molecular formula is C20H22N8O4S2. The summed E-state index contributed by atoms with van der Waals surface area (Å²) in [5.41, 5.74) is 8.25. The van der Waals surface area contributed by atoms with Crippen molar-refractivity contribution in [1.29, 1.82) is 0 Å². The van der Waals surface area contributed by atoms with Gasteiger partial charge in [0.05, 0.1) is 26.7 Å². The molecule has 3 heterocycles. The Bertz CT molecular complexity index is 1600. The van der Waals surface area contributed by atoms with Gasteiger partial charge in [0.25, 0.3) is 0 Å². The van der Waals surface area contributed by atoms with E-state index in [1.807, 2.05) is 17.6 Å². The number of nitrogens with one attached hydrogen (secondary N) is 1. The SMILES string of the molecule is CCn1c(N)nc2c(-c3ccc(S(=O)(=O)C4CNC4)c(S(N)(=O)=O)c3C3=NCN=N3)cccc21. The molecule has 0 spiro atoms. The summed E-state index contributed by atoms with van der Waals surface area (Å²) in [7, 11) is -8.53.